The summed E-state index contributed by atoms with van der Waals surface area (Å²) >= 11 is 0. The fraction of sp³-hybridized carbons (Fsp3) is 0.714. The molecule has 0 aromatic carbocycles. The first-order chi connectivity index (χ1) is 4.50. The molecule has 0 heterocycles. The third-order valence-corrected chi connectivity index (χ3v) is 1.72. The normalized spacial score (nSPS) is 33.2. The zero-order valence-electron chi connectivity index (χ0n) is 5.65. The molecular formula is C7H9F3. The Balaban J connectivity index is 2.55. The van der Waals surface area contributed by atoms with Gasteiger partial charge in [-0.15, -0.1) is 0 Å². The number of halogens is 3. The molecular weight excluding hydrogens is 141 g/mol. The summed E-state index contributed by atoms with van der Waals surface area (Å²) in [6, 6.07) is 0. The third kappa shape index (κ3) is 1.52. The van der Waals surface area contributed by atoms with E-state index in [2.05, 4.69) is 0 Å². The van der Waals surface area contributed by atoms with Crippen LogP contribution in [0.1, 0.15) is 13.3 Å². The van der Waals surface area contributed by atoms with Gasteiger partial charge in [-0.05, 0) is 12.3 Å². The van der Waals surface area contributed by atoms with Crippen molar-refractivity contribution < 1.29 is 13.2 Å². The molecule has 1 rings (SSSR count). The Labute approximate surface area is 57.7 Å². The zero-order valence-corrected chi connectivity index (χ0v) is 5.65. The summed E-state index contributed by atoms with van der Waals surface area (Å²) < 4.78 is 35.6. The molecule has 2 atom stereocenters. The lowest BCUT2D eigenvalue weighted by Gasteiger charge is -2.12. The van der Waals surface area contributed by atoms with Gasteiger partial charge in [0.15, 0.2) is 0 Å². The lowest BCUT2D eigenvalue weighted by atomic mass is 10.1. The SMILES string of the molecule is CC1C=CC(C(F)(F)F)C1. The molecule has 0 fully saturated rings. The van der Waals surface area contributed by atoms with Gasteiger partial charge in [-0.3, -0.25) is 0 Å². The fourth-order valence-corrected chi connectivity index (χ4v) is 1.12. The number of hydrogen-bond acceptors (Lipinski definition) is 0. The minimum absolute atomic E-state index is 0.0895. The van der Waals surface area contributed by atoms with Gasteiger partial charge in [-0.2, -0.15) is 13.2 Å². The zero-order chi connectivity index (χ0) is 7.78. The first kappa shape index (κ1) is 7.63. The van der Waals surface area contributed by atoms with Crippen molar-refractivity contribution in [1.82, 2.24) is 0 Å². The summed E-state index contributed by atoms with van der Waals surface area (Å²) in [6.45, 7) is 1.79. The van der Waals surface area contributed by atoms with Crippen LogP contribution < -0.4 is 0 Å². The molecule has 0 bridgehead atoms. The molecule has 0 aromatic rings. The number of alkyl halides is 3. The van der Waals surface area contributed by atoms with E-state index >= 15 is 0 Å². The minimum atomic E-state index is -4.03. The molecule has 0 radical (unpaired) electrons. The highest BCUT2D eigenvalue weighted by Gasteiger charge is 2.40. The van der Waals surface area contributed by atoms with Crippen LogP contribution in [0.15, 0.2) is 12.2 Å². The molecule has 10 heavy (non-hydrogen) atoms. The molecule has 0 N–H and O–H groups in total. The van der Waals surface area contributed by atoms with E-state index in [1.165, 1.54) is 6.08 Å². The molecule has 0 amide bonds. The van der Waals surface area contributed by atoms with Crippen molar-refractivity contribution in [1.29, 1.82) is 0 Å². The lowest BCUT2D eigenvalue weighted by molar-refractivity contribution is -0.161. The van der Waals surface area contributed by atoms with E-state index in [1.54, 1.807) is 13.0 Å². The molecule has 58 valence electrons. The monoisotopic (exact) mass is 150 g/mol. The van der Waals surface area contributed by atoms with Crippen molar-refractivity contribution in [3.05, 3.63) is 12.2 Å². The Morgan fingerprint density at radius 1 is 1.30 bits per heavy atom. The van der Waals surface area contributed by atoms with E-state index in [1.807, 2.05) is 0 Å². The van der Waals surface area contributed by atoms with Crippen molar-refractivity contribution in [3.8, 4) is 0 Å². The Bertz CT molecular complexity index is 145. The second-order valence-corrected chi connectivity index (χ2v) is 2.75. The van der Waals surface area contributed by atoms with Crippen molar-refractivity contribution in [2.75, 3.05) is 0 Å². The Morgan fingerprint density at radius 2 is 1.90 bits per heavy atom. The summed E-state index contributed by atoms with van der Waals surface area (Å²) in [5.74, 6) is -1.10. The first-order valence-electron chi connectivity index (χ1n) is 3.25. The van der Waals surface area contributed by atoms with Crippen LogP contribution in [0.3, 0.4) is 0 Å². The molecule has 0 nitrogen and oxygen atoms in total. The highest BCUT2D eigenvalue weighted by molar-refractivity contribution is 5.02. The largest absolute Gasteiger partial charge is 0.395 e. The molecule has 1 aliphatic carbocycles. The number of rotatable bonds is 0. The quantitative estimate of drug-likeness (QED) is 0.466. The summed E-state index contributed by atoms with van der Waals surface area (Å²) in [6.07, 6.45) is -0.923. The number of allylic oxidation sites excluding steroid dienone is 2. The van der Waals surface area contributed by atoms with Gasteiger partial charge in [0.25, 0.3) is 0 Å². The summed E-state index contributed by atoms with van der Waals surface area (Å²) in [5.41, 5.74) is 0. The maximum atomic E-state index is 11.9. The molecule has 0 spiro atoms. The Hall–Kier alpha value is -0.470. The number of hydrogen-bond donors (Lipinski definition) is 0. The van der Waals surface area contributed by atoms with Gasteiger partial charge in [0.05, 0.1) is 5.92 Å². The maximum absolute atomic E-state index is 11.9. The first-order valence-corrected chi connectivity index (χ1v) is 3.25. The van der Waals surface area contributed by atoms with Gasteiger partial charge in [0.2, 0.25) is 0 Å². The van der Waals surface area contributed by atoms with E-state index in [4.69, 9.17) is 0 Å². The van der Waals surface area contributed by atoms with Crippen molar-refractivity contribution in [2.24, 2.45) is 11.8 Å². The molecule has 0 saturated carbocycles. The van der Waals surface area contributed by atoms with E-state index in [9.17, 15) is 13.2 Å². The van der Waals surface area contributed by atoms with Gasteiger partial charge in [-0.25, -0.2) is 0 Å². The minimum Gasteiger partial charge on any atom is -0.170 e. The highest BCUT2D eigenvalue weighted by Crippen LogP contribution is 2.36. The van der Waals surface area contributed by atoms with Crippen LogP contribution in [0.5, 0.6) is 0 Å². The molecule has 3 heteroatoms. The lowest BCUT2D eigenvalue weighted by Crippen LogP contribution is -2.19. The third-order valence-electron chi connectivity index (χ3n) is 1.72. The predicted molar refractivity (Wildman–Crippen MR) is 32.5 cm³/mol. The average Bonchev–Trinajstić information content (AvgIpc) is 2.11. The smallest absolute Gasteiger partial charge is 0.170 e. The van der Waals surface area contributed by atoms with Crippen LogP contribution in [-0.4, -0.2) is 6.18 Å². The summed E-state index contributed by atoms with van der Waals surface area (Å²) in [7, 11) is 0. The van der Waals surface area contributed by atoms with Crippen molar-refractivity contribution in [2.45, 2.75) is 19.5 Å². The molecule has 0 aromatic heterocycles. The summed E-state index contributed by atoms with van der Waals surface area (Å²) in [4.78, 5) is 0. The van der Waals surface area contributed by atoms with Gasteiger partial charge in [0.1, 0.15) is 0 Å². The molecule has 0 saturated heterocycles. The van der Waals surface area contributed by atoms with Gasteiger partial charge < -0.3 is 0 Å². The maximum Gasteiger partial charge on any atom is 0.395 e. The summed E-state index contributed by atoms with van der Waals surface area (Å²) in [5, 5.41) is 0. The molecule has 0 aliphatic heterocycles. The van der Waals surface area contributed by atoms with E-state index < -0.39 is 12.1 Å². The Kier molecular flexibility index (Phi) is 1.75. The van der Waals surface area contributed by atoms with Gasteiger partial charge in [-0.1, -0.05) is 19.1 Å². The van der Waals surface area contributed by atoms with Crippen molar-refractivity contribution >= 4 is 0 Å². The fourth-order valence-electron chi connectivity index (χ4n) is 1.12. The predicted octanol–water partition coefficient (Wildman–Crippen LogP) is 2.76. The average molecular weight is 150 g/mol. The van der Waals surface area contributed by atoms with E-state index in [-0.39, 0.29) is 12.3 Å². The molecule has 2 unspecified atom stereocenters. The van der Waals surface area contributed by atoms with Crippen LogP contribution in [0, 0.1) is 11.8 Å². The van der Waals surface area contributed by atoms with Crippen LogP contribution in [0.2, 0.25) is 0 Å². The highest BCUT2D eigenvalue weighted by atomic mass is 19.4. The van der Waals surface area contributed by atoms with Crippen LogP contribution in [0.4, 0.5) is 13.2 Å². The standard InChI is InChI=1S/C7H9F3/c1-5-2-3-6(4-5)7(8,9)10/h2-3,5-6H,4H2,1H3. The van der Waals surface area contributed by atoms with Gasteiger partial charge >= 0.3 is 6.18 Å². The van der Waals surface area contributed by atoms with Crippen LogP contribution in [-0.2, 0) is 0 Å². The van der Waals surface area contributed by atoms with Crippen LogP contribution in [0.25, 0.3) is 0 Å². The Morgan fingerprint density at radius 3 is 2.10 bits per heavy atom. The molecule has 1 aliphatic rings. The van der Waals surface area contributed by atoms with E-state index in [0.29, 0.717) is 0 Å². The second-order valence-electron chi connectivity index (χ2n) is 2.75. The second kappa shape index (κ2) is 2.29. The van der Waals surface area contributed by atoms with Crippen molar-refractivity contribution in [3.63, 3.8) is 0 Å². The van der Waals surface area contributed by atoms with Crippen LogP contribution >= 0.6 is 0 Å². The topological polar surface area (TPSA) is 0 Å². The van der Waals surface area contributed by atoms with E-state index in [0.717, 1.165) is 0 Å². The van der Waals surface area contributed by atoms with Gasteiger partial charge in [0, 0.05) is 0 Å².